The molecule has 0 spiro atoms. The highest BCUT2D eigenvalue weighted by molar-refractivity contribution is 5.83. The Morgan fingerprint density at radius 3 is 2.50 bits per heavy atom. The molecule has 0 bridgehead atoms. The number of carbonyl (C=O) groups excluding carboxylic acids is 2. The van der Waals surface area contributed by atoms with Crippen molar-refractivity contribution < 1.29 is 43.2 Å². The van der Waals surface area contributed by atoms with Gasteiger partial charge < -0.3 is 29.7 Å². The fourth-order valence-corrected chi connectivity index (χ4v) is 5.98. The van der Waals surface area contributed by atoms with Gasteiger partial charge in [0.05, 0.1) is 37.2 Å². The van der Waals surface area contributed by atoms with E-state index < -0.39 is 72.7 Å². The maximum atomic E-state index is 14.4. The molecule has 2 aliphatic rings. The van der Waals surface area contributed by atoms with Crippen molar-refractivity contribution in [3.05, 3.63) is 53.5 Å². The van der Waals surface area contributed by atoms with Crippen LogP contribution in [0.4, 0.5) is 8.78 Å². The van der Waals surface area contributed by atoms with Crippen LogP contribution in [0, 0.1) is 18.6 Å². The van der Waals surface area contributed by atoms with E-state index in [2.05, 4.69) is 15.4 Å². The Balaban J connectivity index is 1.54. The first kappa shape index (κ1) is 31.6. The highest BCUT2D eigenvalue weighted by atomic mass is 19.1. The average Bonchev–Trinajstić information content (AvgIpc) is 3.63. The quantitative estimate of drug-likeness (QED) is 0.312. The molecule has 7 atom stereocenters. The Bertz CT molecular complexity index is 1480. The van der Waals surface area contributed by atoms with E-state index >= 15 is 0 Å². The third-order valence-corrected chi connectivity index (χ3v) is 8.44. The topological polar surface area (TPSA) is 165 Å². The number of esters is 1. The Labute approximate surface area is 252 Å². The van der Waals surface area contributed by atoms with Crippen LogP contribution in [0.5, 0.6) is 0 Å². The van der Waals surface area contributed by atoms with E-state index in [1.165, 1.54) is 18.0 Å². The number of rotatable bonds is 8. The highest BCUT2D eigenvalue weighted by Gasteiger charge is 2.53. The molecule has 3 aromatic rings. The number of ether oxygens (including phenoxy) is 2. The van der Waals surface area contributed by atoms with Crippen molar-refractivity contribution in [3.63, 3.8) is 0 Å². The Kier molecular flexibility index (Phi) is 9.39. The molecule has 5 rings (SSSR count). The van der Waals surface area contributed by atoms with Gasteiger partial charge in [-0.05, 0) is 38.0 Å². The van der Waals surface area contributed by atoms with Crippen molar-refractivity contribution in [2.75, 3.05) is 6.61 Å². The van der Waals surface area contributed by atoms with Gasteiger partial charge in [-0.2, -0.15) is 5.10 Å². The Morgan fingerprint density at radius 2 is 1.89 bits per heavy atom. The SMILES string of the molecule is CC(=O)OC1C(C(=O)N(Cc2ccnn2C)[C@H]2CCCC[C@@H]2O)OC(CO)C(O)C1n1cc(-c2cc(F)c(C)c(F)c2)nn1. The van der Waals surface area contributed by atoms with Crippen LogP contribution < -0.4 is 0 Å². The molecule has 15 heteroatoms. The van der Waals surface area contributed by atoms with E-state index in [4.69, 9.17) is 9.47 Å². The molecule has 2 aromatic heterocycles. The predicted octanol–water partition coefficient (Wildman–Crippen LogP) is 1.19. The van der Waals surface area contributed by atoms with Gasteiger partial charge in [-0.3, -0.25) is 14.3 Å². The van der Waals surface area contributed by atoms with Gasteiger partial charge in [0, 0.05) is 31.3 Å². The zero-order valence-electron chi connectivity index (χ0n) is 24.6. The third kappa shape index (κ3) is 6.22. The first-order valence-electron chi connectivity index (χ1n) is 14.4. The fraction of sp³-hybridized carbons (Fsp3) is 0.552. The summed E-state index contributed by atoms with van der Waals surface area (Å²) < 4.78 is 42.9. The zero-order valence-corrected chi connectivity index (χ0v) is 24.6. The van der Waals surface area contributed by atoms with Crippen molar-refractivity contribution in [2.45, 2.75) is 88.7 Å². The van der Waals surface area contributed by atoms with Gasteiger partial charge in [0.25, 0.3) is 5.91 Å². The van der Waals surface area contributed by atoms with Crippen LogP contribution in [0.3, 0.4) is 0 Å². The molecule has 1 amide bonds. The van der Waals surface area contributed by atoms with Gasteiger partial charge in [0.2, 0.25) is 0 Å². The van der Waals surface area contributed by atoms with Crippen molar-refractivity contribution in [1.29, 1.82) is 0 Å². The van der Waals surface area contributed by atoms with E-state index in [-0.39, 0.29) is 23.4 Å². The van der Waals surface area contributed by atoms with Crippen LogP contribution >= 0.6 is 0 Å². The van der Waals surface area contributed by atoms with Gasteiger partial charge in [0.15, 0.2) is 12.2 Å². The lowest BCUT2D eigenvalue weighted by molar-refractivity contribution is -0.222. The number of carbonyl (C=O) groups is 2. The molecule has 1 saturated heterocycles. The van der Waals surface area contributed by atoms with Crippen LogP contribution in [0.1, 0.15) is 49.9 Å². The maximum absolute atomic E-state index is 14.4. The summed E-state index contributed by atoms with van der Waals surface area (Å²) in [5.74, 6) is -3.00. The summed E-state index contributed by atoms with van der Waals surface area (Å²) in [5, 5.41) is 44.6. The number of aromatic nitrogens is 5. The molecular formula is C29H36F2N6O7. The van der Waals surface area contributed by atoms with Gasteiger partial charge in [-0.25, -0.2) is 13.5 Å². The van der Waals surface area contributed by atoms with Crippen LogP contribution in [0.2, 0.25) is 0 Å². The number of aliphatic hydroxyl groups is 3. The highest BCUT2D eigenvalue weighted by Crippen LogP contribution is 2.36. The number of aryl methyl sites for hydroxylation is 1. The standard InChI is InChI=1S/C29H36F2N6O7/c1-15-19(30)10-17(11-20(15)31)21-13-37(34-33-21)25-26(41)24(14-38)44-28(27(25)43-16(2)39)29(42)36(12-18-8-9-32-35(18)3)22-6-4-5-7-23(22)40/h8-11,13,22-28,38,40-41H,4-7,12,14H2,1-3H3/t22-,23-,24?,25?,26?,27?,28?/m0/s1. The minimum absolute atomic E-state index is 0.0506. The molecule has 2 fully saturated rings. The number of halogens is 2. The summed E-state index contributed by atoms with van der Waals surface area (Å²) >= 11 is 0. The number of aliphatic hydroxyl groups excluding tert-OH is 3. The molecule has 3 heterocycles. The minimum atomic E-state index is -1.54. The lowest BCUT2D eigenvalue weighted by Gasteiger charge is -2.46. The number of nitrogens with zero attached hydrogens (tertiary/aromatic N) is 6. The van der Waals surface area contributed by atoms with Crippen LogP contribution in [-0.2, 0) is 32.7 Å². The van der Waals surface area contributed by atoms with Crippen LogP contribution in [-0.4, -0.2) is 100 Å². The van der Waals surface area contributed by atoms with Crippen molar-refractivity contribution >= 4 is 11.9 Å². The summed E-state index contributed by atoms with van der Waals surface area (Å²) in [6.45, 7) is 1.78. The molecule has 1 saturated carbocycles. The van der Waals surface area contributed by atoms with Gasteiger partial charge in [-0.1, -0.05) is 18.1 Å². The molecule has 1 aromatic carbocycles. The molecular weight excluding hydrogens is 582 g/mol. The van der Waals surface area contributed by atoms with E-state index in [9.17, 15) is 33.7 Å². The third-order valence-electron chi connectivity index (χ3n) is 8.44. The van der Waals surface area contributed by atoms with Crippen LogP contribution in [0.25, 0.3) is 11.3 Å². The van der Waals surface area contributed by atoms with Gasteiger partial charge in [0.1, 0.15) is 35.6 Å². The van der Waals surface area contributed by atoms with Gasteiger partial charge in [-0.15, -0.1) is 5.10 Å². The number of hydrogen-bond donors (Lipinski definition) is 3. The largest absolute Gasteiger partial charge is 0.457 e. The van der Waals surface area contributed by atoms with Crippen LogP contribution in [0.15, 0.2) is 30.6 Å². The second-order valence-electron chi connectivity index (χ2n) is 11.3. The number of amides is 1. The maximum Gasteiger partial charge on any atom is 0.303 e. The van der Waals surface area contributed by atoms with Crippen molar-refractivity contribution in [3.8, 4) is 11.3 Å². The van der Waals surface area contributed by atoms with E-state index in [1.807, 2.05) is 0 Å². The molecule has 3 N–H and O–H groups in total. The smallest absolute Gasteiger partial charge is 0.303 e. The van der Waals surface area contributed by atoms with Gasteiger partial charge >= 0.3 is 5.97 Å². The monoisotopic (exact) mass is 618 g/mol. The molecule has 1 aliphatic carbocycles. The Morgan fingerprint density at radius 1 is 1.18 bits per heavy atom. The average molecular weight is 619 g/mol. The fourth-order valence-electron chi connectivity index (χ4n) is 5.98. The summed E-state index contributed by atoms with van der Waals surface area (Å²) in [6.07, 6.45) is -1.21. The number of benzene rings is 1. The lowest BCUT2D eigenvalue weighted by atomic mass is 9.88. The Hall–Kier alpha value is -3.79. The molecule has 1 aliphatic heterocycles. The molecule has 13 nitrogen and oxygen atoms in total. The zero-order chi connectivity index (χ0) is 31.7. The molecule has 0 radical (unpaired) electrons. The normalized spacial score (nSPS) is 27.2. The van der Waals surface area contributed by atoms with Crippen molar-refractivity contribution in [2.24, 2.45) is 7.05 Å². The van der Waals surface area contributed by atoms with E-state index in [1.54, 1.807) is 24.0 Å². The summed E-state index contributed by atoms with van der Waals surface area (Å²) in [7, 11) is 1.72. The van der Waals surface area contributed by atoms with E-state index in [0.717, 1.165) is 36.6 Å². The molecule has 44 heavy (non-hydrogen) atoms. The number of hydrogen-bond acceptors (Lipinski definition) is 10. The van der Waals surface area contributed by atoms with E-state index in [0.29, 0.717) is 18.5 Å². The second-order valence-corrected chi connectivity index (χ2v) is 11.3. The first-order valence-corrected chi connectivity index (χ1v) is 14.4. The minimum Gasteiger partial charge on any atom is -0.457 e. The summed E-state index contributed by atoms with van der Waals surface area (Å²) in [6, 6.07) is 2.03. The molecule has 238 valence electrons. The van der Waals surface area contributed by atoms with Crippen molar-refractivity contribution in [1.82, 2.24) is 29.7 Å². The second kappa shape index (κ2) is 13.1. The lowest BCUT2D eigenvalue weighted by Crippen LogP contribution is -2.63. The predicted molar refractivity (Wildman–Crippen MR) is 148 cm³/mol. The molecule has 5 unspecified atom stereocenters. The first-order chi connectivity index (χ1) is 21.0. The summed E-state index contributed by atoms with van der Waals surface area (Å²) in [5.41, 5.74) is 0.628. The summed E-state index contributed by atoms with van der Waals surface area (Å²) in [4.78, 5) is 28.3.